The number of hydrogen-bond acceptors (Lipinski definition) is 10. The Morgan fingerprint density at radius 2 is 1.83 bits per heavy atom. The second-order valence-corrected chi connectivity index (χ2v) is 11.4. The van der Waals surface area contributed by atoms with Gasteiger partial charge in [0.15, 0.2) is 18.0 Å². The van der Waals surface area contributed by atoms with Crippen LogP contribution in [0.1, 0.15) is 52.9 Å². The van der Waals surface area contributed by atoms with Gasteiger partial charge in [0.25, 0.3) is 0 Å². The summed E-state index contributed by atoms with van der Waals surface area (Å²) in [6.45, 7) is 12.2. The van der Waals surface area contributed by atoms with E-state index in [1.807, 2.05) is 13.8 Å². The van der Waals surface area contributed by atoms with Crippen LogP contribution in [-0.2, 0) is 28.4 Å². The number of hydrogen-bond donors (Lipinski definition) is 2. The molecule has 0 spiro atoms. The van der Waals surface area contributed by atoms with Crippen molar-refractivity contribution in [2.24, 2.45) is 0 Å². The summed E-state index contributed by atoms with van der Waals surface area (Å²) in [5.74, 6) is -1.39. The topological polar surface area (TPSA) is 109 Å². The molecule has 1 aromatic carbocycles. The van der Waals surface area contributed by atoms with E-state index in [1.54, 1.807) is 31.4 Å². The van der Waals surface area contributed by atoms with Crippen molar-refractivity contribution >= 4 is 11.8 Å². The predicted octanol–water partition coefficient (Wildman–Crippen LogP) is 3.77. The largest absolute Gasteiger partial charge is 0.497 e. The fourth-order valence-corrected chi connectivity index (χ4v) is 5.54. The van der Waals surface area contributed by atoms with Gasteiger partial charge in [-0.15, -0.1) is 0 Å². The van der Waals surface area contributed by atoms with E-state index < -0.39 is 36.0 Å². The fraction of sp³-hybridized carbons (Fsp3) is 0.767. The Morgan fingerprint density at radius 3 is 2.56 bits per heavy atom. The molecule has 41 heavy (non-hydrogen) atoms. The number of fused-ring (bicyclic) bond motifs is 1. The Hall–Kier alpha value is -1.99. The molecule has 3 heterocycles. The van der Waals surface area contributed by atoms with Crippen LogP contribution in [0.4, 0.5) is 10.5 Å². The predicted molar refractivity (Wildman–Crippen MR) is 154 cm³/mol. The van der Waals surface area contributed by atoms with Crippen molar-refractivity contribution in [2.45, 2.75) is 82.8 Å². The van der Waals surface area contributed by atoms with E-state index in [-0.39, 0.29) is 6.61 Å². The van der Waals surface area contributed by atoms with Crippen LogP contribution in [-0.4, -0.2) is 107 Å². The van der Waals surface area contributed by atoms with Gasteiger partial charge in [0.05, 0.1) is 20.3 Å². The van der Waals surface area contributed by atoms with Gasteiger partial charge < -0.3 is 38.5 Å². The van der Waals surface area contributed by atoms with Gasteiger partial charge in [0.2, 0.25) is 5.79 Å². The molecule has 0 bridgehead atoms. The number of carbonyl (C=O) groups is 1. The van der Waals surface area contributed by atoms with E-state index in [1.165, 1.54) is 19.3 Å². The van der Waals surface area contributed by atoms with Gasteiger partial charge in [0, 0.05) is 45.0 Å². The molecule has 0 radical (unpaired) electrons. The van der Waals surface area contributed by atoms with Gasteiger partial charge in [-0.1, -0.05) is 32.6 Å². The van der Waals surface area contributed by atoms with Crippen LogP contribution in [0.3, 0.4) is 0 Å². The molecule has 11 nitrogen and oxygen atoms in total. The molecule has 0 aliphatic carbocycles. The third-order valence-electron chi connectivity index (χ3n) is 7.61. The zero-order valence-corrected chi connectivity index (χ0v) is 25.2. The Labute approximate surface area is 244 Å². The molecule has 4 rings (SSSR count). The summed E-state index contributed by atoms with van der Waals surface area (Å²) in [4.78, 5) is 15.4. The Morgan fingerprint density at radius 1 is 1.07 bits per heavy atom. The summed E-state index contributed by atoms with van der Waals surface area (Å²) >= 11 is 0. The molecule has 3 aliphatic heterocycles. The van der Waals surface area contributed by atoms with Crippen molar-refractivity contribution in [3.8, 4) is 5.75 Å². The summed E-state index contributed by atoms with van der Waals surface area (Å²) in [6.07, 6.45) is 3.30. The smallest absolute Gasteiger partial charge is 0.412 e. The Balaban J connectivity index is 1.39. The highest BCUT2D eigenvalue weighted by Crippen LogP contribution is 2.46. The standard InChI is InChI=1S/C30H49N3O8/c1-5-6-7-8-9-18-37-22-30-27(40-29(2,3)41-30)26(38-28(34)32-23-10-12-24(35-4)13-11-23)25(39-30)21-31-14-15-33-16-19-36-20-17-33/h10-13,25-27,31H,5-9,14-22H2,1-4H3,(H,32,34)/t25-,26+,27-,30-/m0/s1. The molecule has 3 saturated heterocycles. The molecule has 11 heteroatoms. The maximum atomic E-state index is 13.1. The third kappa shape index (κ3) is 9.25. The molecule has 0 saturated carbocycles. The number of amides is 1. The van der Waals surface area contributed by atoms with E-state index in [9.17, 15) is 4.79 Å². The SMILES string of the molecule is CCCCCCCOC[C@@]12O[C@@H](CNCCN3CCOCC3)[C@@H](OC(=O)Nc3ccc(OC)cc3)[C@@H]1OC(C)(C)O2. The average Bonchev–Trinajstić information content (AvgIpc) is 3.37. The number of unbranched alkanes of at least 4 members (excludes halogenated alkanes) is 4. The normalized spacial score (nSPS) is 27.5. The van der Waals surface area contributed by atoms with E-state index in [0.29, 0.717) is 24.6 Å². The number of benzene rings is 1. The highest BCUT2D eigenvalue weighted by Gasteiger charge is 2.66. The molecular formula is C30H49N3O8. The molecule has 232 valence electrons. The Bertz CT molecular complexity index is 927. The average molecular weight is 580 g/mol. The lowest BCUT2D eigenvalue weighted by Crippen LogP contribution is -2.46. The summed E-state index contributed by atoms with van der Waals surface area (Å²) in [5, 5.41) is 6.28. The molecule has 3 aliphatic rings. The summed E-state index contributed by atoms with van der Waals surface area (Å²) in [5.41, 5.74) is 0.594. The molecule has 0 aromatic heterocycles. The third-order valence-corrected chi connectivity index (χ3v) is 7.61. The zero-order valence-electron chi connectivity index (χ0n) is 25.2. The van der Waals surface area contributed by atoms with Crippen LogP contribution in [0.5, 0.6) is 5.75 Å². The van der Waals surface area contributed by atoms with Crippen molar-refractivity contribution in [3.05, 3.63) is 24.3 Å². The molecule has 1 aromatic rings. The van der Waals surface area contributed by atoms with Crippen LogP contribution >= 0.6 is 0 Å². The number of morpholine rings is 1. The number of methoxy groups -OCH3 is 1. The first-order chi connectivity index (χ1) is 19.8. The van der Waals surface area contributed by atoms with E-state index >= 15 is 0 Å². The summed E-state index contributed by atoms with van der Waals surface area (Å²) in [6, 6.07) is 7.06. The number of ether oxygens (including phenoxy) is 7. The first-order valence-electron chi connectivity index (χ1n) is 15.1. The van der Waals surface area contributed by atoms with Crippen LogP contribution in [0, 0.1) is 0 Å². The maximum Gasteiger partial charge on any atom is 0.412 e. The van der Waals surface area contributed by atoms with Crippen molar-refractivity contribution in [3.63, 3.8) is 0 Å². The van der Waals surface area contributed by atoms with Gasteiger partial charge in [-0.2, -0.15) is 0 Å². The molecule has 2 N–H and O–H groups in total. The van der Waals surface area contributed by atoms with E-state index in [4.69, 9.17) is 33.2 Å². The molecule has 4 atom stereocenters. The lowest BCUT2D eigenvalue weighted by Gasteiger charge is -2.29. The summed E-state index contributed by atoms with van der Waals surface area (Å²) in [7, 11) is 1.60. The van der Waals surface area contributed by atoms with Gasteiger partial charge in [-0.25, -0.2) is 4.79 Å². The van der Waals surface area contributed by atoms with Crippen molar-refractivity contribution < 1.29 is 38.0 Å². The number of rotatable bonds is 16. The van der Waals surface area contributed by atoms with Crippen LogP contribution in [0.2, 0.25) is 0 Å². The number of nitrogens with zero attached hydrogens (tertiary/aromatic N) is 1. The van der Waals surface area contributed by atoms with Crippen molar-refractivity contribution in [1.82, 2.24) is 10.2 Å². The first kappa shape index (κ1) is 31.9. The summed E-state index contributed by atoms with van der Waals surface area (Å²) < 4.78 is 41.9. The lowest BCUT2D eigenvalue weighted by molar-refractivity contribution is -0.277. The highest BCUT2D eigenvalue weighted by molar-refractivity contribution is 5.84. The number of anilines is 1. The zero-order chi connectivity index (χ0) is 29.1. The van der Waals surface area contributed by atoms with Crippen LogP contribution < -0.4 is 15.4 Å². The minimum atomic E-state index is -1.17. The molecule has 0 unspecified atom stereocenters. The number of nitrogens with one attached hydrogen (secondary N) is 2. The van der Waals surface area contributed by atoms with E-state index in [0.717, 1.165) is 52.2 Å². The van der Waals surface area contributed by atoms with Gasteiger partial charge in [0.1, 0.15) is 18.5 Å². The van der Waals surface area contributed by atoms with Crippen molar-refractivity contribution in [2.75, 3.05) is 71.6 Å². The van der Waals surface area contributed by atoms with Crippen LogP contribution in [0.15, 0.2) is 24.3 Å². The van der Waals surface area contributed by atoms with Gasteiger partial charge in [-0.3, -0.25) is 10.2 Å². The minimum absolute atomic E-state index is 0.194. The van der Waals surface area contributed by atoms with Crippen LogP contribution in [0.25, 0.3) is 0 Å². The van der Waals surface area contributed by atoms with Crippen molar-refractivity contribution in [1.29, 1.82) is 0 Å². The lowest BCUT2D eigenvalue weighted by atomic mass is 10.1. The number of carbonyl (C=O) groups excluding carboxylic acids is 1. The van der Waals surface area contributed by atoms with Gasteiger partial charge >= 0.3 is 6.09 Å². The second kappa shape index (κ2) is 15.5. The fourth-order valence-electron chi connectivity index (χ4n) is 5.54. The van der Waals surface area contributed by atoms with E-state index in [2.05, 4.69) is 22.5 Å². The quantitative estimate of drug-likeness (QED) is 0.281. The monoisotopic (exact) mass is 579 g/mol. The first-order valence-corrected chi connectivity index (χ1v) is 15.1. The highest BCUT2D eigenvalue weighted by atomic mass is 16.9. The second-order valence-electron chi connectivity index (χ2n) is 11.4. The Kier molecular flexibility index (Phi) is 12.1. The molecular weight excluding hydrogens is 530 g/mol. The minimum Gasteiger partial charge on any atom is -0.497 e. The molecule has 3 fully saturated rings. The van der Waals surface area contributed by atoms with Gasteiger partial charge in [-0.05, 0) is 44.5 Å². The maximum absolute atomic E-state index is 13.1. The molecule has 1 amide bonds.